The average Bonchev–Trinajstić information content (AvgIpc) is 3.35. The Morgan fingerprint density at radius 3 is 2.51 bits per heavy atom. The van der Waals surface area contributed by atoms with Crippen molar-refractivity contribution in [3.05, 3.63) is 83.7 Å². The van der Waals surface area contributed by atoms with Gasteiger partial charge in [0.05, 0.1) is 32.0 Å². The molecule has 2 aromatic carbocycles. The van der Waals surface area contributed by atoms with Gasteiger partial charge >= 0.3 is 0 Å². The van der Waals surface area contributed by atoms with Gasteiger partial charge < -0.3 is 14.4 Å². The summed E-state index contributed by atoms with van der Waals surface area (Å²) in [6, 6.07) is 13.2. The van der Waals surface area contributed by atoms with Gasteiger partial charge in [-0.25, -0.2) is 4.98 Å². The second-order valence-corrected chi connectivity index (χ2v) is 9.78. The van der Waals surface area contributed by atoms with E-state index in [4.69, 9.17) is 14.5 Å². The molecule has 0 saturated heterocycles. The number of carbonyl (C=O) groups excluding carboxylic acids is 2. The number of aryl methyl sites for hydroxylation is 1. The number of imidazole rings is 1. The van der Waals surface area contributed by atoms with Gasteiger partial charge in [-0.15, -0.1) is 0 Å². The molecule has 0 saturated carbocycles. The number of anilines is 1. The number of hydrogen-bond acceptors (Lipinski definition) is 5. The van der Waals surface area contributed by atoms with E-state index in [1.807, 2.05) is 61.9 Å². The van der Waals surface area contributed by atoms with Crippen LogP contribution in [0.5, 0.6) is 11.5 Å². The number of aromatic nitrogens is 2. The molecule has 2 amide bonds. The fraction of sp³-hybridized carbons (Fsp3) is 0.323. The third kappa shape index (κ3) is 6.57. The van der Waals surface area contributed by atoms with Crippen molar-refractivity contribution in [3.8, 4) is 17.2 Å². The van der Waals surface area contributed by atoms with E-state index in [1.165, 1.54) is 0 Å². The van der Waals surface area contributed by atoms with Gasteiger partial charge in [-0.05, 0) is 68.5 Å². The summed E-state index contributed by atoms with van der Waals surface area (Å²) in [6.07, 6.45) is 10.4. The van der Waals surface area contributed by atoms with Gasteiger partial charge in [0, 0.05) is 12.2 Å². The number of ether oxygens (including phenoxy) is 2. The van der Waals surface area contributed by atoms with Gasteiger partial charge in [0.15, 0.2) is 11.5 Å². The van der Waals surface area contributed by atoms with Crippen molar-refractivity contribution < 1.29 is 19.1 Å². The van der Waals surface area contributed by atoms with Gasteiger partial charge in [-0.2, -0.15) is 0 Å². The standard InChI is InChI=1S/C31H36N4O4/c1-21(2)34(30(37)18-23-15-16-27(38-4)28(17-23)39-5)20-29(36)33-31-32-25(24-12-7-6-8-13-24)19-35(31)26-14-10-9-11-22(26)3/h7,9-17,19,21H,6,8,18,20H2,1-5H3,(H,32,33,36). The minimum absolute atomic E-state index is 0.0949. The summed E-state index contributed by atoms with van der Waals surface area (Å²) in [7, 11) is 3.12. The Labute approximate surface area is 229 Å². The molecule has 0 spiro atoms. The molecule has 0 unspecified atom stereocenters. The molecule has 1 aliphatic rings. The van der Waals surface area contributed by atoms with Crippen LogP contribution in [0, 0.1) is 6.92 Å². The van der Waals surface area contributed by atoms with Gasteiger partial charge in [0.2, 0.25) is 17.8 Å². The van der Waals surface area contributed by atoms with E-state index in [9.17, 15) is 9.59 Å². The van der Waals surface area contributed by atoms with Crippen LogP contribution >= 0.6 is 0 Å². The predicted octanol–water partition coefficient (Wildman–Crippen LogP) is 5.35. The first kappa shape index (κ1) is 27.7. The molecule has 1 aliphatic carbocycles. The quantitative estimate of drug-likeness (QED) is 0.383. The van der Waals surface area contributed by atoms with Crippen molar-refractivity contribution in [2.75, 3.05) is 26.1 Å². The molecule has 8 heteroatoms. The highest BCUT2D eigenvalue weighted by molar-refractivity contribution is 5.94. The lowest BCUT2D eigenvalue weighted by Crippen LogP contribution is -2.43. The predicted molar refractivity (Wildman–Crippen MR) is 153 cm³/mol. The number of carbonyl (C=O) groups is 2. The Kier molecular flexibility index (Phi) is 8.86. The molecule has 39 heavy (non-hydrogen) atoms. The van der Waals surface area contributed by atoms with Crippen LogP contribution < -0.4 is 14.8 Å². The third-order valence-corrected chi connectivity index (χ3v) is 6.68. The molecule has 0 aliphatic heterocycles. The van der Waals surface area contributed by atoms with Crippen LogP contribution in [0.2, 0.25) is 0 Å². The molecule has 0 bridgehead atoms. The smallest absolute Gasteiger partial charge is 0.246 e. The van der Waals surface area contributed by atoms with Crippen LogP contribution in [0.15, 0.2) is 66.9 Å². The average molecular weight is 529 g/mol. The monoisotopic (exact) mass is 528 g/mol. The zero-order valence-corrected chi connectivity index (χ0v) is 23.2. The van der Waals surface area contributed by atoms with Crippen molar-refractivity contribution >= 4 is 23.3 Å². The lowest BCUT2D eigenvalue weighted by atomic mass is 10.1. The molecule has 8 nitrogen and oxygen atoms in total. The van der Waals surface area contributed by atoms with E-state index in [1.54, 1.807) is 31.3 Å². The first-order chi connectivity index (χ1) is 18.8. The molecule has 0 atom stereocenters. The van der Waals surface area contributed by atoms with Crippen LogP contribution in [-0.2, 0) is 16.0 Å². The van der Waals surface area contributed by atoms with Crippen molar-refractivity contribution in [1.82, 2.24) is 14.5 Å². The van der Waals surface area contributed by atoms with Crippen molar-refractivity contribution in [1.29, 1.82) is 0 Å². The van der Waals surface area contributed by atoms with E-state index < -0.39 is 0 Å². The fourth-order valence-electron chi connectivity index (χ4n) is 4.57. The van der Waals surface area contributed by atoms with Crippen molar-refractivity contribution in [2.45, 2.75) is 46.1 Å². The van der Waals surface area contributed by atoms with Gasteiger partial charge in [-0.1, -0.05) is 42.5 Å². The summed E-state index contributed by atoms with van der Waals surface area (Å²) in [6.45, 7) is 5.72. The number of amides is 2. The first-order valence-electron chi connectivity index (χ1n) is 13.1. The summed E-state index contributed by atoms with van der Waals surface area (Å²) in [5.74, 6) is 1.09. The molecule has 0 fully saturated rings. The van der Waals surface area contributed by atoms with E-state index in [0.29, 0.717) is 17.4 Å². The van der Waals surface area contributed by atoms with Crippen LogP contribution in [0.4, 0.5) is 5.95 Å². The normalized spacial score (nSPS) is 12.7. The SMILES string of the molecule is COc1ccc(CC(=O)N(CC(=O)Nc2nc(C3=CCCC=C3)cn2-c2ccccc2C)C(C)C)cc1OC. The van der Waals surface area contributed by atoms with Crippen LogP contribution in [0.25, 0.3) is 11.3 Å². The Morgan fingerprint density at radius 2 is 1.85 bits per heavy atom. The van der Waals surface area contributed by atoms with Crippen LogP contribution in [0.1, 0.15) is 43.5 Å². The van der Waals surface area contributed by atoms with Crippen LogP contribution in [0.3, 0.4) is 0 Å². The summed E-state index contributed by atoms with van der Waals surface area (Å²) >= 11 is 0. The Balaban J connectivity index is 1.54. The topological polar surface area (TPSA) is 85.7 Å². The summed E-state index contributed by atoms with van der Waals surface area (Å²) in [5, 5.41) is 2.96. The highest BCUT2D eigenvalue weighted by Gasteiger charge is 2.23. The maximum absolute atomic E-state index is 13.3. The molecule has 3 aromatic rings. The second-order valence-electron chi connectivity index (χ2n) is 9.78. The summed E-state index contributed by atoms with van der Waals surface area (Å²) in [4.78, 5) is 32.9. The molecule has 4 rings (SSSR count). The largest absolute Gasteiger partial charge is 0.493 e. The van der Waals surface area contributed by atoms with E-state index in [2.05, 4.69) is 23.5 Å². The Hall–Kier alpha value is -4.33. The molecule has 1 N–H and O–H groups in total. The summed E-state index contributed by atoms with van der Waals surface area (Å²) in [5.41, 5.74) is 4.57. The number of para-hydroxylation sites is 1. The fourth-order valence-corrected chi connectivity index (χ4v) is 4.57. The number of benzene rings is 2. The van der Waals surface area contributed by atoms with E-state index in [-0.39, 0.29) is 30.8 Å². The highest BCUT2D eigenvalue weighted by Crippen LogP contribution is 2.28. The number of nitrogens with zero attached hydrogens (tertiary/aromatic N) is 3. The molecule has 1 aromatic heterocycles. The van der Waals surface area contributed by atoms with Crippen LogP contribution in [-0.4, -0.2) is 53.1 Å². The lowest BCUT2D eigenvalue weighted by Gasteiger charge is -2.26. The first-order valence-corrected chi connectivity index (χ1v) is 13.1. The molecule has 1 heterocycles. The molecular formula is C31H36N4O4. The number of allylic oxidation sites excluding steroid dienone is 4. The maximum Gasteiger partial charge on any atom is 0.246 e. The minimum atomic E-state index is -0.315. The highest BCUT2D eigenvalue weighted by atomic mass is 16.5. The minimum Gasteiger partial charge on any atom is -0.493 e. The number of methoxy groups -OCH3 is 2. The molecule has 204 valence electrons. The maximum atomic E-state index is 13.3. The van der Waals surface area contributed by atoms with Crippen molar-refractivity contribution in [2.24, 2.45) is 0 Å². The lowest BCUT2D eigenvalue weighted by molar-refractivity contribution is -0.135. The number of nitrogens with one attached hydrogen (secondary N) is 1. The Morgan fingerprint density at radius 1 is 1.08 bits per heavy atom. The van der Waals surface area contributed by atoms with Gasteiger partial charge in [0.1, 0.15) is 6.54 Å². The van der Waals surface area contributed by atoms with Gasteiger partial charge in [0.25, 0.3) is 0 Å². The molecular weight excluding hydrogens is 492 g/mol. The molecule has 0 radical (unpaired) electrons. The third-order valence-electron chi connectivity index (χ3n) is 6.68. The second kappa shape index (κ2) is 12.5. The van der Waals surface area contributed by atoms with E-state index >= 15 is 0 Å². The zero-order chi connectivity index (χ0) is 27.9. The number of rotatable bonds is 10. The van der Waals surface area contributed by atoms with Crippen molar-refractivity contribution in [3.63, 3.8) is 0 Å². The summed E-state index contributed by atoms with van der Waals surface area (Å²) < 4.78 is 12.6. The zero-order valence-electron chi connectivity index (χ0n) is 23.2. The Bertz CT molecular complexity index is 1400. The number of hydrogen-bond donors (Lipinski definition) is 1. The van der Waals surface area contributed by atoms with Gasteiger partial charge in [-0.3, -0.25) is 19.5 Å². The van der Waals surface area contributed by atoms with E-state index in [0.717, 1.165) is 40.9 Å².